The Morgan fingerprint density at radius 1 is 1.09 bits per heavy atom. The molecule has 0 spiro atoms. The van der Waals surface area contributed by atoms with E-state index in [2.05, 4.69) is 20.5 Å². The van der Waals surface area contributed by atoms with Gasteiger partial charge in [0.1, 0.15) is 0 Å². The van der Waals surface area contributed by atoms with E-state index in [9.17, 15) is 13.2 Å². The molecule has 186 valence electrons. The van der Waals surface area contributed by atoms with Crippen molar-refractivity contribution in [2.24, 2.45) is 0 Å². The summed E-state index contributed by atoms with van der Waals surface area (Å²) in [4.78, 5) is 15.3. The monoisotopic (exact) mass is 498 g/mol. The number of carbonyl (C=O) groups is 1. The third-order valence-corrected chi connectivity index (χ3v) is 7.92. The molecule has 2 aromatic carbocycles. The number of nitrogens with zero attached hydrogens (tertiary/aromatic N) is 5. The Hall–Kier alpha value is -3.28. The molecule has 35 heavy (non-hydrogen) atoms. The third-order valence-electron chi connectivity index (χ3n) is 5.87. The maximum Gasteiger partial charge on any atom is 0.277 e. The van der Waals surface area contributed by atoms with Crippen LogP contribution in [-0.2, 0) is 21.3 Å². The van der Waals surface area contributed by atoms with Crippen LogP contribution in [0.2, 0.25) is 0 Å². The number of aromatic nitrogens is 3. The van der Waals surface area contributed by atoms with Crippen molar-refractivity contribution in [2.45, 2.75) is 25.3 Å². The highest BCUT2D eigenvalue weighted by Gasteiger charge is 2.25. The van der Waals surface area contributed by atoms with Crippen molar-refractivity contribution in [3.8, 4) is 0 Å². The van der Waals surface area contributed by atoms with Gasteiger partial charge < -0.3 is 15.0 Å². The molecule has 0 saturated carbocycles. The topological polar surface area (TPSA) is 110 Å². The highest BCUT2D eigenvalue weighted by Crippen LogP contribution is 2.31. The van der Waals surface area contributed by atoms with Crippen LogP contribution in [0.3, 0.4) is 0 Å². The lowest BCUT2D eigenvalue weighted by Crippen LogP contribution is -2.37. The van der Waals surface area contributed by atoms with Gasteiger partial charge in [-0.2, -0.15) is 4.31 Å². The Bertz CT molecular complexity index is 1250. The number of benzene rings is 2. The average molecular weight is 499 g/mol. The molecule has 1 fully saturated rings. The number of anilines is 2. The molecule has 1 aliphatic rings. The van der Waals surface area contributed by atoms with Gasteiger partial charge in [0, 0.05) is 26.2 Å². The minimum Gasteiger partial charge on any atom is -0.378 e. The SMILES string of the molecule is CCN(CC)S(=O)(=O)c1ccc(N2CCOCC2)c(NC(=O)c2cn(Cc3ccccc3)nn2)c1. The lowest BCUT2D eigenvalue weighted by Gasteiger charge is -2.31. The molecule has 3 aromatic rings. The van der Waals surface area contributed by atoms with Crippen molar-refractivity contribution in [3.05, 3.63) is 66.0 Å². The normalized spacial score (nSPS) is 14.3. The molecule has 0 bridgehead atoms. The van der Waals surface area contributed by atoms with Gasteiger partial charge in [-0.15, -0.1) is 5.10 Å². The van der Waals surface area contributed by atoms with E-state index in [0.717, 1.165) is 11.3 Å². The van der Waals surface area contributed by atoms with E-state index in [1.54, 1.807) is 36.9 Å². The summed E-state index contributed by atoms with van der Waals surface area (Å²) in [6.07, 6.45) is 1.58. The summed E-state index contributed by atoms with van der Waals surface area (Å²) in [5.41, 5.74) is 2.32. The number of carbonyl (C=O) groups excluding carboxylic acids is 1. The van der Waals surface area contributed by atoms with Gasteiger partial charge in [-0.05, 0) is 23.8 Å². The van der Waals surface area contributed by atoms with Crippen molar-refractivity contribution < 1.29 is 17.9 Å². The quantitative estimate of drug-likeness (QED) is 0.483. The second-order valence-electron chi connectivity index (χ2n) is 8.11. The molecule has 10 nitrogen and oxygen atoms in total. The minimum absolute atomic E-state index is 0.126. The molecule has 11 heteroatoms. The number of rotatable bonds is 9. The van der Waals surface area contributed by atoms with Gasteiger partial charge in [0.2, 0.25) is 10.0 Å². The number of morpholine rings is 1. The number of sulfonamides is 1. The first-order valence-corrected chi connectivity index (χ1v) is 13.1. The van der Waals surface area contributed by atoms with E-state index in [4.69, 9.17) is 4.74 Å². The molecule has 0 aliphatic carbocycles. The summed E-state index contributed by atoms with van der Waals surface area (Å²) in [5, 5.41) is 11.0. The lowest BCUT2D eigenvalue weighted by atomic mass is 10.2. The maximum absolute atomic E-state index is 13.1. The fraction of sp³-hybridized carbons (Fsp3) is 0.375. The summed E-state index contributed by atoms with van der Waals surface area (Å²) < 4.78 is 34.7. The van der Waals surface area contributed by atoms with E-state index >= 15 is 0 Å². The number of amides is 1. The summed E-state index contributed by atoms with van der Waals surface area (Å²) >= 11 is 0. The number of hydrogen-bond acceptors (Lipinski definition) is 7. The van der Waals surface area contributed by atoms with Crippen molar-refractivity contribution in [3.63, 3.8) is 0 Å². The molecule has 1 aliphatic heterocycles. The Labute approximate surface area is 205 Å². The van der Waals surface area contributed by atoms with Gasteiger partial charge in [-0.25, -0.2) is 13.1 Å². The zero-order chi connectivity index (χ0) is 24.8. The first-order valence-electron chi connectivity index (χ1n) is 11.6. The zero-order valence-electron chi connectivity index (χ0n) is 19.9. The molecule has 1 N–H and O–H groups in total. The number of nitrogens with one attached hydrogen (secondary N) is 1. The molecular weight excluding hydrogens is 468 g/mol. The van der Waals surface area contributed by atoms with Crippen LogP contribution < -0.4 is 10.2 Å². The fourth-order valence-electron chi connectivity index (χ4n) is 4.00. The molecule has 2 heterocycles. The number of hydrogen-bond donors (Lipinski definition) is 1. The second-order valence-corrected chi connectivity index (χ2v) is 10.0. The smallest absolute Gasteiger partial charge is 0.277 e. The summed E-state index contributed by atoms with van der Waals surface area (Å²) in [6, 6.07) is 14.6. The van der Waals surface area contributed by atoms with Gasteiger partial charge in [0.15, 0.2) is 5.69 Å². The summed E-state index contributed by atoms with van der Waals surface area (Å²) in [7, 11) is -3.70. The second kappa shape index (κ2) is 11.0. The highest BCUT2D eigenvalue weighted by atomic mass is 32.2. The maximum atomic E-state index is 13.1. The van der Waals surface area contributed by atoms with Gasteiger partial charge in [0.25, 0.3) is 5.91 Å². The van der Waals surface area contributed by atoms with Crippen molar-refractivity contribution in [2.75, 3.05) is 49.6 Å². The van der Waals surface area contributed by atoms with E-state index in [1.165, 1.54) is 10.4 Å². The third kappa shape index (κ3) is 5.69. The van der Waals surface area contributed by atoms with E-state index in [-0.39, 0.29) is 10.6 Å². The fourth-order valence-corrected chi connectivity index (χ4v) is 5.49. The molecule has 0 atom stereocenters. The largest absolute Gasteiger partial charge is 0.378 e. The molecule has 4 rings (SSSR count). The van der Waals surface area contributed by atoms with Crippen LogP contribution in [0.15, 0.2) is 59.6 Å². The van der Waals surface area contributed by atoms with Gasteiger partial charge in [-0.3, -0.25) is 4.79 Å². The predicted molar refractivity (Wildman–Crippen MR) is 133 cm³/mol. The standard InChI is InChI=1S/C24H30N6O4S/c1-3-30(4-2)35(32,33)20-10-11-23(28-12-14-34-15-13-28)21(16-20)25-24(31)22-18-29(27-26-22)17-19-8-6-5-7-9-19/h5-11,16,18H,3-4,12-15,17H2,1-2H3,(H,25,31). The lowest BCUT2D eigenvalue weighted by molar-refractivity contribution is 0.102. The van der Waals surface area contributed by atoms with Crippen LogP contribution >= 0.6 is 0 Å². The molecule has 0 unspecified atom stereocenters. The van der Waals surface area contributed by atoms with Crippen molar-refractivity contribution in [1.82, 2.24) is 19.3 Å². The molecule has 1 saturated heterocycles. The van der Waals surface area contributed by atoms with Crippen LogP contribution in [0.5, 0.6) is 0 Å². The summed E-state index contributed by atoms with van der Waals surface area (Å²) in [6.45, 7) is 7.18. The summed E-state index contributed by atoms with van der Waals surface area (Å²) in [5.74, 6) is -0.462. The van der Waals surface area contributed by atoms with Gasteiger partial charge in [-0.1, -0.05) is 49.4 Å². The predicted octanol–water partition coefficient (Wildman–Crippen LogP) is 2.45. The Morgan fingerprint density at radius 2 is 1.80 bits per heavy atom. The van der Waals surface area contributed by atoms with E-state index < -0.39 is 15.9 Å². The highest BCUT2D eigenvalue weighted by molar-refractivity contribution is 7.89. The Kier molecular flexibility index (Phi) is 7.79. The number of ether oxygens (including phenoxy) is 1. The van der Waals surface area contributed by atoms with Gasteiger partial charge >= 0.3 is 0 Å². The van der Waals surface area contributed by atoms with E-state index in [0.29, 0.717) is 51.6 Å². The van der Waals surface area contributed by atoms with Crippen LogP contribution in [0.25, 0.3) is 0 Å². The first-order chi connectivity index (χ1) is 16.9. The van der Waals surface area contributed by atoms with E-state index in [1.807, 2.05) is 30.3 Å². The molecule has 1 aromatic heterocycles. The Balaban J connectivity index is 1.62. The molecular formula is C24H30N6O4S. The van der Waals surface area contributed by atoms with Crippen LogP contribution in [0, 0.1) is 0 Å². The minimum atomic E-state index is -3.70. The Morgan fingerprint density at radius 3 is 2.49 bits per heavy atom. The van der Waals surface area contributed by atoms with Crippen molar-refractivity contribution >= 4 is 27.3 Å². The average Bonchev–Trinajstić information content (AvgIpc) is 3.34. The first kappa shape index (κ1) is 24.8. The molecule has 1 amide bonds. The van der Waals surface area contributed by atoms with Gasteiger partial charge in [0.05, 0.1) is 42.2 Å². The molecule has 0 radical (unpaired) electrons. The van der Waals surface area contributed by atoms with Crippen LogP contribution in [0.4, 0.5) is 11.4 Å². The zero-order valence-corrected chi connectivity index (χ0v) is 20.7. The van der Waals surface area contributed by atoms with Crippen molar-refractivity contribution in [1.29, 1.82) is 0 Å². The van der Waals surface area contributed by atoms with Crippen LogP contribution in [-0.4, -0.2) is 73.0 Å². The van der Waals surface area contributed by atoms with Crippen LogP contribution in [0.1, 0.15) is 29.9 Å².